The Labute approximate surface area is 185 Å². The van der Waals surface area contributed by atoms with Crippen LogP contribution in [-0.2, 0) is 12.8 Å². The van der Waals surface area contributed by atoms with Crippen molar-refractivity contribution in [3.8, 4) is 34.8 Å². The third-order valence-electron chi connectivity index (χ3n) is 5.46. The van der Waals surface area contributed by atoms with Gasteiger partial charge in [0.25, 0.3) is 5.89 Å². The van der Waals surface area contributed by atoms with Crippen molar-refractivity contribution in [3.63, 3.8) is 0 Å². The summed E-state index contributed by atoms with van der Waals surface area (Å²) in [6.45, 7) is 4.13. The molecule has 1 atom stereocenters. The monoisotopic (exact) mass is 435 g/mol. The molecule has 3 aromatic rings. The van der Waals surface area contributed by atoms with Gasteiger partial charge in [0, 0.05) is 31.4 Å². The standard InChI is InChI=1S/C23H25N5O4/c1-2-31-22-18(11-24)10-19(12-25-22)23-26-21(27-32-23)17-4-3-15-5-7-28(13-20(30)14-29)8-6-16(15)9-17/h3-4,9-10,12,20,29-30H,2,5-8,13-14H2,1H3/t20-/m0/s1. The lowest BCUT2D eigenvalue weighted by Gasteiger charge is -2.21. The summed E-state index contributed by atoms with van der Waals surface area (Å²) >= 11 is 0. The molecule has 32 heavy (non-hydrogen) atoms. The summed E-state index contributed by atoms with van der Waals surface area (Å²) in [5.41, 5.74) is 4.18. The Balaban J connectivity index is 1.53. The molecule has 0 fully saturated rings. The third kappa shape index (κ3) is 4.78. The van der Waals surface area contributed by atoms with Crippen LogP contribution in [0.4, 0.5) is 0 Å². The molecule has 0 saturated heterocycles. The van der Waals surface area contributed by atoms with Crippen molar-refractivity contribution < 1.29 is 19.5 Å². The molecule has 0 radical (unpaired) electrons. The summed E-state index contributed by atoms with van der Waals surface area (Å²) in [6, 6.07) is 9.84. The van der Waals surface area contributed by atoms with E-state index in [1.54, 1.807) is 12.3 Å². The first kappa shape index (κ1) is 21.9. The Bertz CT molecular complexity index is 1120. The Morgan fingerprint density at radius 3 is 2.78 bits per heavy atom. The van der Waals surface area contributed by atoms with Gasteiger partial charge in [0.2, 0.25) is 11.7 Å². The number of aromatic nitrogens is 3. The predicted octanol–water partition coefficient (Wildman–Crippen LogP) is 1.82. The van der Waals surface area contributed by atoms with Crippen molar-refractivity contribution in [3.05, 3.63) is 47.2 Å². The van der Waals surface area contributed by atoms with Crippen LogP contribution in [0, 0.1) is 11.3 Å². The van der Waals surface area contributed by atoms with Crippen molar-refractivity contribution in [2.45, 2.75) is 25.9 Å². The first-order valence-corrected chi connectivity index (χ1v) is 10.6. The lowest BCUT2D eigenvalue weighted by atomic mass is 10.00. The summed E-state index contributed by atoms with van der Waals surface area (Å²) in [5.74, 6) is 1.03. The molecular weight excluding hydrogens is 410 g/mol. The fourth-order valence-electron chi connectivity index (χ4n) is 3.81. The van der Waals surface area contributed by atoms with Crippen LogP contribution in [0.15, 0.2) is 35.0 Å². The molecule has 0 unspecified atom stereocenters. The van der Waals surface area contributed by atoms with Crippen LogP contribution < -0.4 is 4.74 Å². The van der Waals surface area contributed by atoms with Gasteiger partial charge in [-0.2, -0.15) is 10.2 Å². The number of β-amino-alcohol motifs (C(OH)–C–C–N with tert-alkyl or cyclic N) is 1. The van der Waals surface area contributed by atoms with E-state index in [-0.39, 0.29) is 18.4 Å². The van der Waals surface area contributed by atoms with E-state index in [0.29, 0.717) is 30.1 Å². The van der Waals surface area contributed by atoms with Gasteiger partial charge in [0.05, 0.1) is 24.9 Å². The fourth-order valence-corrected chi connectivity index (χ4v) is 3.81. The molecule has 0 amide bonds. The van der Waals surface area contributed by atoms with Crippen LogP contribution in [0.3, 0.4) is 0 Å². The maximum atomic E-state index is 9.74. The number of pyridine rings is 1. The number of nitrogens with zero attached hydrogens (tertiary/aromatic N) is 5. The second-order valence-corrected chi connectivity index (χ2v) is 7.67. The molecule has 3 heterocycles. The van der Waals surface area contributed by atoms with E-state index in [9.17, 15) is 10.4 Å². The largest absolute Gasteiger partial charge is 0.477 e. The van der Waals surface area contributed by atoms with Crippen molar-refractivity contribution >= 4 is 0 Å². The summed E-state index contributed by atoms with van der Waals surface area (Å²) in [7, 11) is 0. The summed E-state index contributed by atoms with van der Waals surface area (Å²) in [6.07, 6.45) is 2.54. The number of aliphatic hydroxyl groups is 2. The van der Waals surface area contributed by atoms with Crippen LogP contribution in [0.5, 0.6) is 5.88 Å². The Morgan fingerprint density at radius 2 is 2.03 bits per heavy atom. The molecule has 0 aliphatic carbocycles. The Hall–Kier alpha value is -3.32. The Kier molecular flexibility index (Phi) is 6.75. The van der Waals surface area contributed by atoms with Crippen molar-refractivity contribution in [2.75, 3.05) is 32.8 Å². The highest BCUT2D eigenvalue weighted by Gasteiger charge is 2.19. The maximum Gasteiger partial charge on any atom is 0.259 e. The average Bonchev–Trinajstić information content (AvgIpc) is 3.23. The topological polar surface area (TPSA) is 129 Å². The van der Waals surface area contributed by atoms with Crippen LogP contribution in [0.25, 0.3) is 22.8 Å². The maximum absolute atomic E-state index is 9.74. The van der Waals surface area contributed by atoms with E-state index in [0.717, 1.165) is 31.5 Å². The van der Waals surface area contributed by atoms with Gasteiger partial charge in [-0.15, -0.1) is 0 Å². The van der Waals surface area contributed by atoms with Crippen LogP contribution >= 0.6 is 0 Å². The number of nitriles is 1. The van der Waals surface area contributed by atoms with Gasteiger partial charge >= 0.3 is 0 Å². The SMILES string of the molecule is CCOc1ncc(-c2nc(-c3ccc4c(c3)CCN(C[C@H](O)CO)CC4)no2)cc1C#N. The molecule has 0 saturated carbocycles. The number of hydrogen-bond donors (Lipinski definition) is 2. The zero-order valence-corrected chi connectivity index (χ0v) is 17.9. The molecule has 1 aliphatic rings. The molecule has 9 nitrogen and oxygen atoms in total. The van der Waals surface area contributed by atoms with E-state index in [4.69, 9.17) is 14.4 Å². The third-order valence-corrected chi connectivity index (χ3v) is 5.46. The van der Waals surface area contributed by atoms with Gasteiger partial charge in [0.1, 0.15) is 11.6 Å². The number of rotatable bonds is 7. The molecular formula is C23H25N5O4. The lowest BCUT2D eigenvalue weighted by molar-refractivity contribution is 0.0605. The van der Waals surface area contributed by atoms with Gasteiger partial charge in [-0.25, -0.2) is 4.98 Å². The fraction of sp³-hybridized carbons (Fsp3) is 0.391. The Morgan fingerprint density at radius 1 is 1.22 bits per heavy atom. The van der Waals surface area contributed by atoms with E-state index >= 15 is 0 Å². The molecule has 9 heteroatoms. The second kappa shape index (κ2) is 9.87. The number of fused-ring (bicyclic) bond motifs is 1. The van der Waals surface area contributed by atoms with Gasteiger partial charge < -0.3 is 24.4 Å². The minimum Gasteiger partial charge on any atom is -0.477 e. The highest BCUT2D eigenvalue weighted by molar-refractivity contribution is 5.62. The zero-order chi connectivity index (χ0) is 22.5. The molecule has 2 N–H and O–H groups in total. The van der Waals surface area contributed by atoms with Gasteiger partial charge in [0.15, 0.2) is 0 Å². The van der Waals surface area contributed by atoms with E-state index in [2.05, 4.69) is 38.2 Å². The molecule has 2 aromatic heterocycles. The molecule has 4 rings (SSSR count). The number of aliphatic hydroxyl groups excluding tert-OH is 2. The second-order valence-electron chi connectivity index (χ2n) is 7.67. The van der Waals surface area contributed by atoms with E-state index in [1.165, 1.54) is 11.1 Å². The van der Waals surface area contributed by atoms with Crippen LogP contribution in [-0.4, -0.2) is 69.2 Å². The first-order chi connectivity index (χ1) is 15.6. The zero-order valence-electron chi connectivity index (χ0n) is 17.9. The smallest absolute Gasteiger partial charge is 0.259 e. The highest BCUT2D eigenvalue weighted by atomic mass is 16.5. The normalized spacial score (nSPS) is 14.9. The summed E-state index contributed by atoms with van der Waals surface area (Å²) in [4.78, 5) is 10.9. The predicted molar refractivity (Wildman–Crippen MR) is 116 cm³/mol. The number of benzene rings is 1. The van der Waals surface area contributed by atoms with Crippen molar-refractivity contribution in [1.29, 1.82) is 5.26 Å². The molecule has 0 spiro atoms. The van der Waals surface area contributed by atoms with Gasteiger partial charge in [-0.1, -0.05) is 17.3 Å². The quantitative estimate of drug-likeness (QED) is 0.571. The minimum absolute atomic E-state index is 0.229. The number of ether oxygens (including phenoxy) is 1. The molecule has 0 bridgehead atoms. The molecule has 1 aromatic carbocycles. The molecule has 1 aliphatic heterocycles. The summed E-state index contributed by atoms with van der Waals surface area (Å²) < 4.78 is 10.8. The lowest BCUT2D eigenvalue weighted by Crippen LogP contribution is -2.35. The van der Waals surface area contributed by atoms with Crippen LogP contribution in [0.2, 0.25) is 0 Å². The first-order valence-electron chi connectivity index (χ1n) is 10.6. The van der Waals surface area contributed by atoms with Crippen molar-refractivity contribution in [1.82, 2.24) is 20.0 Å². The van der Waals surface area contributed by atoms with Gasteiger partial charge in [-0.05, 0) is 43.0 Å². The van der Waals surface area contributed by atoms with Crippen molar-refractivity contribution in [2.24, 2.45) is 0 Å². The van der Waals surface area contributed by atoms with Crippen LogP contribution in [0.1, 0.15) is 23.6 Å². The minimum atomic E-state index is -0.719. The highest BCUT2D eigenvalue weighted by Crippen LogP contribution is 2.27. The number of hydrogen-bond acceptors (Lipinski definition) is 9. The average molecular weight is 435 g/mol. The molecule has 166 valence electrons. The van der Waals surface area contributed by atoms with Gasteiger partial charge in [-0.3, -0.25) is 0 Å². The van der Waals surface area contributed by atoms with E-state index < -0.39 is 6.10 Å². The summed E-state index contributed by atoms with van der Waals surface area (Å²) in [5, 5.41) is 32.3. The van der Waals surface area contributed by atoms with E-state index in [1.807, 2.05) is 13.0 Å².